The standard InChI is InChI=1S/C25H22FN3O2/c1-29-15-14-27-24(29)23(19-6-3-2-4-7-19)28-25(30)20-8-5-9-22(16-20)31-17-18-10-12-21(26)13-11-18/h2-16,23H,17H2,1H3,(H,28,30). The molecule has 31 heavy (non-hydrogen) atoms. The van der Waals surface area contributed by atoms with Crippen LogP contribution < -0.4 is 10.1 Å². The topological polar surface area (TPSA) is 56.2 Å². The number of nitrogens with one attached hydrogen (secondary N) is 1. The maximum atomic E-state index is 13.1. The Bertz CT molecular complexity index is 1160. The van der Waals surface area contributed by atoms with E-state index in [9.17, 15) is 9.18 Å². The highest BCUT2D eigenvalue weighted by molar-refractivity contribution is 5.95. The normalized spacial score (nSPS) is 11.7. The Balaban J connectivity index is 1.51. The van der Waals surface area contributed by atoms with Crippen molar-refractivity contribution in [3.63, 3.8) is 0 Å². The molecule has 0 saturated heterocycles. The van der Waals surface area contributed by atoms with Gasteiger partial charge in [-0.15, -0.1) is 0 Å². The number of benzene rings is 3. The number of amides is 1. The maximum Gasteiger partial charge on any atom is 0.252 e. The van der Waals surface area contributed by atoms with E-state index in [0.29, 0.717) is 11.3 Å². The monoisotopic (exact) mass is 415 g/mol. The van der Waals surface area contributed by atoms with Crippen LogP contribution in [0.4, 0.5) is 4.39 Å². The van der Waals surface area contributed by atoms with E-state index >= 15 is 0 Å². The lowest BCUT2D eigenvalue weighted by molar-refractivity contribution is 0.0940. The van der Waals surface area contributed by atoms with Gasteiger partial charge >= 0.3 is 0 Å². The number of carbonyl (C=O) groups excluding carboxylic acids is 1. The van der Waals surface area contributed by atoms with E-state index in [4.69, 9.17) is 4.74 Å². The molecule has 1 unspecified atom stereocenters. The number of hydrogen-bond acceptors (Lipinski definition) is 3. The van der Waals surface area contributed by atoms with Gasteiger partial charge in [-0.1, -0.05) is 48.5 Å². The molecule has 0 saturated carbocycles. The second-order valence-corrected chi connectivity index (χ2v) is 7.16. The first kappa shape index (κ1) is 20.3. The lowest BCUT2D eigenvalue weighted by Gasteiger charge is -2.19. The van der Waals surface area contributed by atoms with Gasteiger partial charge in [0.25, 0.3) is 5.91 Å². The van der Waals surface area contributed by atoms with Crippen molar-refractivity contribution < 1.29 is 13.9 Å². The highest BCUT2D eigenvalue weighted by Gasteiger charge is 2.21. The highest BCUT2D eigenvalue weighted by Crippen LogP contribution is 2.22. The van der Waals surface area contributed by atoms with Crippen LogP contribution in [0.5, 0.6) is 5.75 Å². The molecular weight excluding hydrogens is 393 g/mol. The van der Waals surface area contributed by atoms with Crippen LogP contribution in [0.1, 0.15) is 33.4 Å². The van der Waals surface area contributed by atoms with Gasteiger partial charge in [-0.3, -0.25) is 4.79 Å². The Morgan fingerprint density at radius 2 is 1.84 bits per heavy atom. The number of hydrogen-bond donors (Lipinski definition) is 1. The van der Waals surface area contributed by atoms with Gasteiger partial charge in [0.1, 0.15) is 30.0 Å². The molecule has 5 nitrogen and oxygen atoms in total. The van der Waals surface area contributed by atoms with Gasteiger partial charge in [0.15, 0.2) is 0 Å². The summed E-state index contributed by atoms with van der Waals surface area (Å²) in [4.78, 5) is 17.5. The van der Waals surface area contributed by atoms with Crippen molar-refractivity contribution >= 4 is 5.91 Å². The summed E-state index contributed by atoms with van der Waals surface area (Å²) in [6.07, 6.45) is 3.56. The summed E-state index contributed by atoms with van der Waals surface area (Å²) in [5.74, 6) is 0.778. The fourth-order valence-corrected chi connectivity index (χ4v) is 3.29. The molecule has 0 spiro atoms. The van der Waals surface area contributed by atoms with E-state index in [0.717, 1.165) is 17.0 Å². The van der Waals surface area contributed by atoms with E-state index in [1.165, 1.54) is 12.1 Å². The molecule has 0 aliphatic heterocycles. The van der Waals surface area contributed by atoms with Crippen molar-refractivity contribution in [2.24, 2.45) is 7.05 Å². The SMILES string of the molecule is Cn1ccnc1C(NC(=O)c1cccc(OCc2ccc(F)cc2)c1)c1ccccc1. The molecule has 6 heteroatoms. The van der Waals surface area contributed by atoms with Crippen LogP contribution in [-0.4, -0.2) is 15.5 Å². The van der Waals surface area contributed by atoms with Crippen LogP contribution >= 0.6 is 0 Å². The molecule has 0 radical (unpaired) electrons. The average molecular weight is 415 g/mol. The molecule has 156 valence electrons. The third-order valence-corrected chi connectivity index (χ3v) is 4.94. The minimum atomic E-state index is -0.391. The Morgan fingerprint density at radius 3 is 2.55 bits per heavy atom. The number of rotatable bonds is 7. The zero-order valence-corrected chi connectivity index (χ0v) is 17.0. The van der Waals surface area contributed by atoms with Crippen molar-refractivity contribution in [1.29, 1.82) is 0 Å². The van der Waals surface area contributed by atoms with Gasteiger partial charge < -0.3 is 14.6 Å². The fourth-order valence-electron chi connectivity index (χ4n) is 3.29. The number of nitrogens with zero attached hydrogens (tertiary/aromatic N) is 2. The number of ether oxygens (including phenoxy) is 1. The summed E-state index contributed by atoms with van der Waals surface area (Å²) < 4.78 is 20.7. The van der Waals surface area contributed by atoms with Gasteiger partial charge in [-0.2, -0.15) is 0 Å². The number of imidazole rings is 1. The second kappa shape index (κ2) is 9.26. The van der Waals surface area contributed by atoms with Crippen molar-refractivity contribution in [2.45, 2.75) is 12.6 Å². The number of aryl methyl sites for hydroxylation is 1. The third-order valence-electron chi connectivity index (χ3n) is 4.94. The van der Waals surface area contributed by atoms with Crippen molar-refractivity contribution in [3.05, 3.63) is 120 Å². The molecule has 4 rings (SSSR count). The van der Waals surface area contributed by atoms with Crippen LogP contribution in [0.25, 0.3) is 0 Å². The van der Waals surface area contributed by atoms with E-state index in [-0.39, 0.29) is 18.3 Å². The molecule has 0 fully saturated rings. The Morgan fingerprint density at radius 1 is 1.06 bits per heavy atom. The van der Waals surface area contributed by atoms with E-state index in [1.54, 1.807) is 42.6 Å². The molecule has 4 aromatic rings. The molecule has 1 aromatic heterocycles. The van der Waals surface area contributed by atoms with E-state index in [1.807, 2.05) is 48.1 Å². The Labute approximate surface area is 180 Å². The summed E-state index contributed by atoms with van der Waals surface area (Å²) >= 11 is 0. The smallest absolute Gasteiger partial charge is 0.252 e. The molecule has 1 N–H and O–H groups in total. The highest BCUT2D eigenvalue weighted by atomic mass is 19.1. The quantitative estimate of drug-likeness (QED) is 0.478. The largest absolute Gasteiger partial charge is 0.489 e. The third kappa shape index (κ3) is 4.98. The van der Waals surface area contributed by atoms with Gasteiger partial charge in [0.05, 0.1) is 0 Å². The summed E-state index contributed by atoms with van der Waals surface area (Å²) in [5.41, 5.74) is 2.26. The average Bonchev–Trinajstić information content (AvgIpc) is 3.23. The van der Waals surface area contributed by atoms with Crippen molar-refractivity contribution in [2.75, 3.05) is 0 Å². The van der Waals surface area contributed by atoms with Gasteiger partial charge in [0, 0.05) is 25.0 Å². The Hall–Kier alpha value is -3.93. The number of halogens is 1. The molecular formula is C25H22FN3O2. The second-order valence-electron chi connectivity index (χ2n) is 7.16. The van der Waals surface area contributed by atoms with E-state index in [2.05, 4.69) is 10.3 Å². The van der Waals surface area contributed by atoms with Crippen molar-refractivity contribution in [1.82, 2.24) is 14.9 Å². The van der Waals surface area contributed by atoms with Crippen LogP contribution in [0.3, 0.4) is 0 Å². The maximum absolute atomic E-state index is 13.1. The molecule has 1 atom stereocenters. The summed E-state index contributed by atoms with van der Waals surface area (Å²) in [6, 6.07) is 22.4. The predicted molar refractivity (Wildman–Crippen MR) is 116 cm³/mol. The lowest BCUT2D eigenvalue weighted by Crippen LogP contribution is -2.31. The molecule has 0 aliphatic carbocycles. The Kier molecular flexibility index (Phi) is 6.08. The molecule has 1 heterocycles. The minimum Gasteiger partial charge on any atom is -0.489 e. The summed E-state index contributed by atoms with van der Waals surface area (Å²) in [6.45, 7) is 0.283. The molecule has 0 aliphatic rings. The number of carbonyl (C=O) groups is 1. The first-order chi connectivity index (χ1) is 15.1. The fraction of sp³-hybridized carbons (Fsp3) is 0.120. The zero-order chi connectivity index (χ0) is 21.6. The first-order valence-corrected chi connectivity index (χ1v) is 9.90. The van der Waals surface area contributed by atoms with Gasteiger partial charge in [0.2, 0.25) is 0 Å². The molecule has 1 amide bonds. The van der Waals surface area contributed by atoms with Crippen LogP contribution in [-0.2, 0) is 13.7 Å². The van der Waals surface area contributed by atoms with E-state index < -0.39 is 6.04 Å². The lowest BCUT2D eigenvalue weighted by atomic mass is 10.1. The minimum absolute atomic E-state index is 0.232. The van der Waals surface area contributed by atoms with Crippen LogP contribution in [0.2, 0.25) is 0 Å². The van der Waals surface area contributed by atoms with Gasteiger partial charge in [-0.25, -0.2) is 9.37 Å². The summed E-state index contributed by atoms with van der Waals surface area (Å²) in [7, 11) is 1.90. The molecule has 3 aromatic carbocycles. The van der Waals surface area contributed by atoms with Gasteiger partial charge in [-0.05, 0) is 41.5 Å². The zero-order valence-electron chi connectivity index (χ0n) is 17.0. The van der Waals surface area contributed by atoms with Crippen molar-refractivity contribution in [3.8, 4) is 5.75 Å². The number of aromatic nitrogens is 2. The van der Waals surface area contributed by atoms with Crippen LogP contribution in [0, 0.1) is 5.82 Å². The van der Waals surface area contributed by atoms with Crippen LogP contribution in [0.15, 0.2) is 91.3 Å². The predicted octanol–water partition coefficient (Wildman–Crippen LogP) is 4.66. The molecule has 0 bridgehead atoms. The summed E-state index contributed by atoms with van der Waals surface area (Å²) in [5, 5.41) is 3.08. The first-order valence-electron chi connectivity index (χ1n) is 9.90.